The summed E-state index contributed by atoms with van der Waals surface area (Å²) in [7, 11) is 0. The minimum absolute atomic E-state index is 0.118. The summed E-state index contributed by atoms with van der Waals surface area (Å²) in [5.41, 5.74) is 1.50. The van der Waals surface area contributed by atoms with Crippen molar-refractivity contribution in [1.82, 2.24) is 0 Å². The second kappa shape index (κ2) is 7.37. The van der Waals surface area contributed by atoms with Crippen molar-refractivity contribution in [2.75, 3.05) is 18.0 Å². The molecule has 0 aromatic heterocycles. The summed E-state index contributed by atoms with van der Waals surface area (Å²) in [6, 6.07) is 4.80. The summed E-state index contributed by atoms with van der Waals surface area (Å²) in [6.45, 7) is 8.13. The molecule has 0 radical (unpaired) electrons. The number of rotatable bonds is 7. The van der Waals surface area contributed by atoms with Crippen molar-refractivity contribution in [2.24, 2.45) is 5.92 Å². The molecule has 0 atom stereocenters. The zero-order valence-corrected chi connectivity index (χ0v) is 11.6. The molecule has 0 aliphatic heterocycles. The first kappa shape index (κ1) is 15.0. The van der Waals surface area contributed by atoms with Crippen LogP contribution in [0.3, 0.4) is 0 Å². The van der Waals surface area contributed by atoms with E-state index in [2.05, 4.69) is 25.7 Å². The van der Waals surface area contributed by atoms with E-state index in [0.717, 1.165) is 31.6 Å². The van der Waals surface area contributed by atoms with Gasteiger partial charge in [-0.1, -0.05) is 26.7 Å². The molecule has 1 rings (SSSR count). The number of aliphatic hydroxyl groups excluding tert-OH is 1. The Labute approximate surface area is 109 Å². The third-order valence-electron chi connectivity index (χ3n) is 3.51. The quantitative estimate of drug-likeness (QED) is 0.803. The Morgan fingerprint density at radius 1 is 1.17 bits per heavy atom. The van der Waals surface area contributed by atoms with Crippen molar-refractivity contribution >= 4 is 5.69 Å². The van der Waals surface area contributed by atoms with Gasteiger partial charge in [-0.15, -0.1) is 0 Å². The van der Waals surface area contributed by atoms with Crippen LogP contribution >= 0.6 is 0 Å². The van der Waals surface area contributed by atoms with Crippen molar-refractivity contribution in [3.8, 4) is 0 Å². The molecule has 18 heavy (non-hydrogen) atoms. The van der Waals surface area contributed by atoms with Crippen LogP contribution in [0.2, 0.25) is 0 Å². The minimum Gasteiger partial charge on any atom is -0.392 e. The van der Waals surface area contributed by atoms with Crippen LogP contribution in [0.4, 0.5) is 10.1 Å². The van der Waals surface area contributed by atoms with Crippen LogP contribution in [-0.2, 0) is 6.61 Å². The highest BCUT2D eigenvalue weighted by Crippen LogP contribution is 2.21. The molecule has 0 spiro atoms. The number of aliphatic hydroxyl groups is 1. The fourth-order valence-corrected chi connectivity index (χ4v) is 2.18. The van der Waals surface area contributed by atoms with E-state index in [4.69, 9.17) is 5.11 Å². The third-order valence-corrected chi connectivity index (χ3v) is 3.51. The zero-order chi connectivity index (χ0) is 13.5. The molecule has 2 nitrogen and oxygen atoms in total. The van der Waals surface area contributed by atoms with Gasteiger partial charge in [0.15, 0.2) is 0 Å². The predicted octanol–water partition coefficient (Wildman–Crippen LogP) is 3.58. The molecule has 1 aromatic carbocycles. The molecule has 102 valence electrons. The summed E-state index contributed by atoms with van der Waals surface area (Å²) in [6.07, 6.45) is 2.27. The first-order valence-electron chi connectivity index (χ1n) is 6.79. The molecule has 0 aliphatic rings. The third kappa shape index (κ3) is 3.98. The smallest absolute Gasteiger partial charge is 0.125 e. The van der Waals surface area contributed by atoms with Gasteiger partial charge in [-0.2, -0.15) is 0 Å². The van der Waals surface area contributed by atoms with Gasteiger partial charge in [0.25, 0.3) is 0 Å². The van der Waals surface area contributed by atoms with E-state index in [9.17, 15) is 4.39 Å². The highest BCUT2D eigenvalue weighted by Gasteiger charge is 2.12. The van der Waals surface area contributed by atoms with Crippen LogP contribution in [0.25, 0.3) is 0 Å². The fraction of sp³-hybridized carbons (Fsp3) is 0.600. The highest BCUT2D eigenvalue weighted by atomic mass is 19.1. The van der Waals surface area contributed by atoms with Gasteiger partial charge in [-0.25, -0.2) is 4.39 Å². The number of hydrogen-bond acceptors (Lipinski definition) is 2. The zero-order valence-electron chi connectivity index (χ0n) is 11.6. The van der Waals surface area contributed by atoms with Crippen LogP contribution < -0.4 is 4.90 Å². The van der Waals surface area contributed by atoms with Gasteiger partial charge in [0.2, 0.25) is 0 Å². The fourth-order valence-electron chi connectivity index (χ4n) is 2.18. The highest BCUT2D eigenvalue weighted by molar-refractivity contribution is 5.49. The lowest BCUT2D eigenvalue weighted by Crippen LogP contribution is -2.29. The SMILES string of the molecule is CCC(CC)CN(CC)c1cc(F)cc(CO)c1. The number of benzene rings is 1. The largest absolute Gasteiger partial charge is 0.392 e. The molecule has 0 saturated carbocycles. The molecule has 1 N–H and O–H groups in total. The normalized spacial score (nSPS) is 11.0. The second-order valence-corrected chi connectivity index (χ2v) is 4.70. The standard InChI is InChI=1S/C15H24FNO/c1-4-12(5-2)10-17(6-3)15-8-13(11-18)7-14(16)9-15/h7-9,12,18H,4-6,10-11H2,1-3H3. The van der Waals surface area contributed by atoms with E-state index in [1.807, 2.05) is 6.07 Å². The molecule has 0 heterocycles. The van der Waals surface area contributed by atoms with Crippen molar-refractivity contribution in [3.63, 3.8) is 0 Å². The van der Waals surface area contributed by atoms with E-state index < -0.39 is 0 Å². The summed E-state index contributed by atoms with van der Waals surface area (Å²) < 4.78 is 13.5. The lowest BCUT2D eigenvalue weighted by Gasteiger charge is -2.27. The number of hydrogen-bond donors (Lipinski definition) is 1. The average molecular weight is 253 g/mol. The maximum Gasteiger partial charge on any atom is 0.125 e. The molecular weight excluding hydrogens is 229 g/mol. The topological polar surface area (TPSA) is 23.5 Å². The molecule has 0 unspecified atom stereocenters. The van der Waals surface area contributed by atoms with Crippen molar-refractivity contribution < 1.29 is 9.50 Å². The van der Waals surface area contributed by atoms with Crippen molar-refractivity contribution in [1.29, 1.82) is 0 Å². The van der Waals surface area contributed by atoms with E-state index in [1.165, 1.54) is 6.07 Å². The van der Waals surface area contributed by atoms with E-state index in [0.29, 0.717) is 11.5 Å². The van der Waals surface area contributed by atoms with Gasteiger partial charge in [-0.05, 0) is 36.6 Å². The molecule has 3 heteroatoms. The summed E-state index contributed by atoms with van der Waals surface area (Å²) in [5, 5.41) is 9.13. The first-order valence-corrected chi connectivity index (χ1v) is 6.79. The van der Waals surface area contributed by atoms with Crippen LogP contribution in [0.1, 0.15) is 39.2 Å². The van der Waals surface area contributed by atoms with Gasteiger partial charge in [0.1, 0.15) is 5.82 Å². The van der Waals surface area contributed by atoms with E-state index >= 15 is 0 Å². The summed E-state index contributed by atoms with van der Waals surface area (Å²) in [4.78, 5) is 2.18. The maximum atomic E-state index is 13.5. The van der Waals surface area contributed by atoms with E-state index in [-0.39, 0.29) is 12.4 Å². The number of nitrogens with zero attached hydrogens (tertiary/aromatic N) is 1. The average Bonchev–Trinajstić information content (AvgIpc) is 2.39. The molecular formula is C15H24FNO. The Hall–Kier alpha value is -1.09. The van der Waals surface area contributed by atoms with Crippen LogP contribution in [0.15, 0.2) is 18.2 Å². The second-order valence-electron chi connectivity index (χ2n) is 4.70. The first-order chi connectivity index (χ1) is 8.64. The summed E-state index contributed by atoms with van der Waals surface area (Å²) >= 11 is 0. The number of halogens is 1. The lowest BCUT2D eigenvalue weighted by atomic mass is 10.0. The Morgan fingerprint density at radius 3 is 2.33 bits per heavy atom. The Bertz CT molecular complexity index is 364. The van der Waals surface area contributed by atoms with Gasteiger partial charge in [0.05, 0.1) is 6.61 Å². The Balaban J connectivity index is 2.90. The predicted molar refractivity (Wildman–Crippen MR) is 74.3 cm³/mol. The summed E-state index contributed by atoms with van der Waals surface area (Å²) in [5.74, 6) is 0.352. The van der Waals surface area contributed by atoms with Gasteiger partial charge in [-0.3, -0.25) is 0 Å². The van der Waals surface area contributed by atoms with Gasteiger partial charge >= 0.3 is 0 Å². The molecule has 0 aliphatic carbocycles. The Morgan fingerprint density at radius 2 is 1.83 bits per heavy atom. The Kier molecular flexibility index (Phi) is 6.13. The molecule has 0 bridgehead atoms. The monoisotopic (exact) mass is 253 g/mol. The van der Waals surface area contributed by atoms with Crippen LogP contribution in [0, 0.1) is 11.7 Å². The van der Waals surface area contributed by atoms with E-state index in [1.54, 1.807) is 6.07 Å². The molecule has 1 aromatic rings. The van der Waals surface area contributed by atoms with Gasteiger partial charge < -0.3 is 10.0 Å². The van der Waals surface area contributed by atoms with Crippen molar-refractivity contribution in [3.05, 3.63) is 29.6 Å². The molecule has 0 saturated heterocycles. The lowest BCUT2D eigenvalue weighted by molar-refractivity contribution is 0.281. The van der Waals surface area contributed by atoms with Crippen LogP contribution in [0.5, 0.6) is 0 Å². The maximum absolute atomic E-state index is 13.5. The van der Waals surface area contributed by atoms with Crippen LogP contribution in [-0.4, -0.2) is 18.2 Å². The minimum atomic E-state index is -0.278. The van der Waals surface area contributed by atoms with Gasteiger partial charge in [0, 0.05) is 18.8 Å². The molecule has 0 amide bonds. The van der Waals surface area contributed by atoms with Crippen molar-refractivity contribution in [2.45, 2.75) is 40.2 Å². The number of anilines is 1. The molecule has 0 fully saturated rings.